The van der Waals surface area contributed by atoms with Crippen molar-refractivity contribution in [2.24, 2.45) is 5.92 Å². The molecule has 0 unspecified atom stereocenters. The lowest BCUT2D eigenvalue weighted by Crippen LogP contribution is -2.36. The lowest BCUT2D eigenvalue weighted by atomic mass is 9.93. The number of nitrogens with zero attached hydrogens (tertiary/aromatic N) is 1. The van der Waals surface area contributed by atoms with Gasteiger partial charge in [0.1, 0.15) is 0 Å². The van der Waals surface area contributed by atoms with Gasteiger partial charge in [0.2, 0.25) is 6.41 Å². The fourth-order valence-corrected chi connectivity index (χ4v) is 2.07. The van der Waals surface area contributed by atoms with Gasteiger partial charge in [-0.1, -0.05) is 0 Å². The van der Waals surface area contributed by atoms with Crippen molar-refractivity contribution in [3.63, 3.8) is 0 Å². The zero-order chi connectivity index (χ0) is 10.9. The summed E-state index contributed by atoms with van der Waals surface area (Å²) in [7, 11) is 1.75. The van der Waals surface area contributed by atoms with Crippen LogP contribution in [0.1, 0.15) is 19.3 Å². The van der Waals surface area contributed by atoms with Crippen molar-refractivity contribution >= 4 is 6.41 Å². The number of ether oxygens (including phenoxy) is 1. The highest BCUT2D eigenvalue weighted by atomic mass is 16.5. The van der Waals surface area contributed by atoms with E-state index in [4.69, 9.17) is 4.74 Å². The SMILES string of the molecule is COCCN1CCC(CCNC=O)CC1. The van der Waals surface area contributed by atoms with Crippen LogP contribution in [0.3, 0.4) is 0 Å². The Morgan fingerprint density at radius 2 is 2.20 bits per heavy atom. The van der Waals surface area contributed by atoms with Gasteiger partial charge in [-0.25, -0.2) is 0 Å². The summed E-state index contributed by atoms with van der Waals surface area (Å²) in [6.07, 6.45) is 4.42. The minimum atomic E-state index is 0.785. The number of amides is 1. The second-order valence-corrected chi connectivity index (χ2v) is 4.14. The smallest absolute Gasteiger partial charge is 0.207 e. The number of hydrogen-bond donors (Lipinski definition) is 1. The molecule has 1 rings (SSSR count). The van der Waals surface area contributed by atoms with Gasteiger partial charge in [0, 0.05) is 20.2 Å². The molecule has 0 aromatic heterocycles. The van der Waals surface area contributed by atoms with Crippen LogP contribution in [0.25, 0.3) is 0 Å². The van der Waals surface area contributed by atoms with Crippen molar-refractivity contribution in [3.8, 4) is 0 Å². The van der Waals surface area contributed by atoms with E-state index in [-0.39, 0.29) is 0 Å². The number of likely N-dealkylation sites (tertiary alicyclic amines) is 1. The lowest BCUT2D eigenvalue weighted by Gasteiger charge is -2.31. The third kappa shape index (κ3) is 5.14. The first-order chi connectivity index (χ1) is 7.36. The molecule has 4 heteroatoms. The van der Waals surface area contributed by atoms with Gasteiger partial charge in [-0.3, -0.25) is 4.79 Å². The maximum Gasteiger partial charge on any atom is 0.207 e. The van der Waals surface area contributed by atoms with Crippen LogP contribution in [0.2, 0.25) is 0 Å². The minimum absolute atomic E-state index is 0.785. The number of hydrogen-bond acceptors (Lipinski definition) is 3. The monoisotopic (exact) mass is 214 g/mol. The van der Waals surface area contributed by atoms with Crippen molar-refractivity contribution in [2.45, 2.75) is 19.3 Å². The third-order valence-corrected chi connectivity index (χ3v) is 3.10. The molecule has 0 bridgehead atoms. The highest BCUT2D eigenvalue weighted by molar-refractivity contribution is 5.45. The maximum atomic E-state index is 10.1. The standard InChI is InChI=1S/C11H22N2O2/c1-15-9-8-13-6-3-11(4-7-13)2-5-12-10-14/h10-11H,2-9H2,1H3,(H,12,14). The van der Waals surface area contributed by atoms with Crippen LogP contribution in [-0.4, -0.2) is 51.2 Å². The molecule has 88 valence electrons. The van der Waals surface area contributed by atoms with E-state index in [1.165, 1.54) is 25.9 Å². The van der Waals surface area contributed by atoms with Gasteiger partial charge < -0.3 is 15.0 Å². The Hall–Kier alpha value is -0.610. The molecule has 15 heavy (non-hydrogen) atoms. The normalized spacial score (nSPS) is 19.0. The van der Waals surface area contributed by atoms with Crippen LogP contribution in [-0.2, 0) is 9.53 Å². The van der Waals surface area contributed by atoms with E-state index in [0.717, 1.165) is 38.4 Å². The maximum absolute atomic E-state index is 10.1. The predicted molar refractivity (Wildman–Crippen MR) is 59.7 cm³/mol. The molecule has 0 aromatic carbocycles. The van der Waals surface area contributed by atoms with E-state index < -0.39 is 0 Å². The van der Waals surface area contributed by atoms with E-state index >= 15 is 0 Å². The fraction of sp³-hybridized carbons (Fsp3) is 0.909. The van der Waals surface area contributed by atoms with Gasteiger partial charge in [0.05, 0.1) is 6.61 Å². The first-order valence-electron chi connectivity index (χ1n) is 5.75. The number of methoxy groups -OCH3 is 1. The molecule has 1 aliphatic rings. The topological polar surface area (TPSA) is 41.6 Å². The minimum Gasteiger partial charge on any atom is -0.383 e. The van der Waals surface area contributed by atoms with E-state index in [1.54, 1.807) is 7.11 Å². The Morgan fingerprint density at radius 1 is 1.47 bits per heavy atom. The first-order valence-corrected chi connectivity index (χ1v) is 5.75. The summed E-state index contributed by atoms with van der Waals surface area (Å²) in [6, 6.07) is 0. The zero-order valence-corrected chi connectivity index (χ0v) is 9.58. The van der Waals surface area contributed by atoms with E-state index in [1.807, 2.05) is 0 Å². The predicted octanol–water partition coefficient (Wildman–Crippen LogP) is 0.481. The largest absolute Gasteiger partial charge is 0.383 e. The second kappa shape index (κ2) is 7.65. The molecule has 0 aliphatic carbocycles. The van der Waals surface area contributed by atoms with Crippen LogP contribution >= 0.6 is 0 Å². The number of carbonyl (C=O) groups excluding carboxylic acids is 1. The van der Waals surface area contributed by atoms with E-state index in [9.17, 15) is 4.79 Å². The van der Waals surface area contributed by atoms with Crippen LogP contribution in [0, 0.1) is 5.92 Å². The summed E-state index contributed by atoms with van der Waals surface area (Å²) >= 11 is 0. The molecule has 4 nitrogen and oxygen atoms in total. The molecule has 1 amide bonds. The van der Waals surface area contributed by atoms with Gasteiger partial charge in [-0.2, -0.15) is 0 Å². The molecule has 0 aromatic rings. The average molecular weight is 214 g/mol. The van der Waals surface area contributed by atoms with Crippen LogP contribution < -0.4 is 5.32 Å². The van der Waals surface area contributed by atoms with Crippen molar-refractivity contribution in [1.82, 2.24) is 10.2 Å². The molecule has 1 fully saturated rings. The summed E-state index contributed by atoms with van der Waals surface area (Å²) < 4.78 is 5.06. The highest BCUT2D eigenvalue weighted by Crippen LogP contribution is 2.19. The van der Waals surface area contributed by atoms with Gasteiger partial charge in [0.15, 0.2) is 0 Å². The number of rotatable bonds is 7. The van der Waals surface area contributed by atoms with Crippen LogP contribution in [0.5, 0.6) is 0 Å². The lowest BCUT2D eigenvalue weighted by molar-refractivity contribution is -0.109. The summed E-state index contributed by atoms with van der Waals surface area (Å²) in [5.74, 6) is 0.788. The quantitative estimate of drug-likeness (QED) is 0.495. The summed E-state index contributed by atoms with van der Waals surface area (Å²) in [5, 5.41) is 2.73. The first kappa shape index (κ1) is 12.5. The molecule has 1 aliphatic heterocycles. The Morgan fingerprint density at radius 3 is 2.80 bits per heavy atom. The van der Waals surface area contributed by atoms with Gasteiger partial charge in [0.25, 0.3) is 0 Å². The average Bonchev–Trinajstić information content (AvgIpc) is 2.28. The Bertz CT molecular complexity index is 168. The van der Waals surface area contributed by atoms with Crippen LogP contribution in [0.4, 0.5) is 0 Å². The summed E-state index contributed by atoms with van der Waals surface area (Å²) in [4.78, 5) is 12.5. The second-order valence-electron chi connectivity index (χ2n) is 4.14. The van der Waals surface area contributed by atoms with E-state index in [0.29, 0.717) is 0 Å². The third-order valence-electron chi connectivity index (χ3n) is 3.10. The summed E-state index contributed by atoms with van der Waals surface area (Å²) in [5.41, 5.74) is 0. The molecular weight excluding hydrogens is 192 g/mol. The number of carbonyl (C=O) groups is 1. The summed E-state index contributed by atoms with van der Waals surface area (Å²) in [6.45, 7) is 5.06. The molecule has 1 N–H and O–H groups in total. The van der Waals surface area contributed by atoms with Crippen LogP contribution in [0.15, 0.2) is 0 Å². The zero-order valence-electron chi connectivity index (χ0n) is 9.58. The Kier molecular flexibility index (Phi) is 6.36. The van der Waals surface area contributed by atoms with Crippen molar-refractivity contribution in [3.05, 3.63) is 0 Å². The van der Waals surface area contributed by atoms with Crippen molar-refractivity contribution in [2.75, 3.05) is 39.9 Å². The number of piperidine rings is 1. The van der Waals surface area contributed by atoms with Gasteiger partial charge >= 0.3 is 0 Å². The molecule has 1 heterocycles. The Balaban J connectivity index is 2.04. The highest BCUT2D eigenvalue weighted by Gasteiger charge is 2.18. The molecule has 1 saturated heterocycles. The molecule has 0 saturated carbocycles. The van der Waals surface area contributed by atoms with Gasteiger partial charge in [-0.15, -0.1) is 0 Å². The molecule has 0 radical (unpaired) electrons. The number of nitrogens with one attached hydrogen (secondary N) is 1. The molecule has 0 spiro atoms. The Labute approximate surface area is 92.0 Å². The van der Waals surface area contributed by atoms with Crippen molar-refractivity contribution < 1.29 is 9.53 Å². The van der Waals surface area contributed by atoms with Crippen molar-refractivity contribution in [1.29, 1.82) is 0 Å². The molecular formula is C11H22N2O2. The fourth-order valence-electron chi connectivity index (χ4n) is 2.07. The van der Waals surface area contributed by atoms with Gasteiger partial charge in [-0.05, 0) is 38.3 Å². The molecule has 0 atom stereocenters. The van der Waals surface area contributed by atoms with E-state index in [2.05, 4.69) is 10.2 Å².